The molecule has 0 saturated carbocycles. The van der Waals surface area contributed by atoms with Crippen LogP contribution >= 0.6 is 12.4 Å². The second kappa shape index (κ2) is 6.60. The zero-order chi connectivity index (χ0) is 11.5. The van der Waals surface area contributed by atoms with Crippen LogP contribution in [0.2, 0.25) is 0 Å². The smallest absolute Gasteiger partial charge is 0.225 e. The first-order chi connectivity index (χ1) is 7.68. The molecule has 2 saturated heterocycles. The molecule has 2 aliphatic heterocycles. The molecule has 0 bridgehead atoms. The summed E-state index contributed by atoms with van der Waals surface area (Å²) >= 11 is 0. The molecule has 0 aromatic heterocycles. The molecule has 4 heteroatoms. The number of carbonyl (C=O) groups is 1. The second-order valence-electron chi connectivity index (χ2n) is 5.52. The Hall–Kier alpha value is -0.280. The molecule has 3 nitrogen and oxygen atoms in total. The van der Waals surface area contributed by atoms with Crippen LogP contribution in [0.4, 0.5) is 0 Å². The molecule has 100 valence electrons. The molecule has 2 rings (SSSR count). The SMILES string of the molecule is CC(C)C(=O)N1CCC(C2CCCN2)CC1.Cl. The summed E-state index contributed by atoms with van der Waals surface area (Å²) in [5.74, 6) is 1.29. The van der Waals surface area contributed by atoms with Gasteiger partial charge in [-0.05, 0) is 38.1 Å². The van der Waals surface area contributed by atoms with Gasteiger partial charge in [0.2, 0.25) is 5.91 Å². The first-order valence-electron chi connectivity index (χ1n) is 6.70. The highest BCUT2D eigenvalue weighted by molar-refractivity contribution is 5.85. The van der Waals surface area contributed by atoms with Crippen LogP contribution in [0.25, 0.3) is 0 Å². The molecule has 1 atom stereocenters. The zero-order valence-corrected chi connectivity index (χ0v) is 11.8. The Kier molecular flexibility index (Phi) is 5.74. The largest absolute Gasteiger partial charge is 0.342 e. The molecular weight excluding hydrogens is 236 g/mol. The van der Waals surface area contributed by atoms with Gasteiger partial charge in [-0.3, -0.25) is 4.79 Å². The molecule has 2 aliphatic rings. The van der Waals surface area contributed by atoms with Gasteiger partial charge in [0.25, 0.3) is 0 Å². The van der Waals surface area contributed by atoms with Gasteiger partial charge >= 0.3 is 0 Å². The van der Waals surface area contributed by atoms with Crippen molar-refractivity contribution in [2.45, 2.75) is 45.6 Å². The summed E-state index contributed by atoms with van der Waals surface area (Å²) < 4.78 is 0. The van der Waals surface area contributed by atoms with E-state index >= 15 is 0 Å². The topological polar surface area (TPSA) is 32.3 Å². The van der Waals surface area contributed by atoms with E-state index in [1.807, 2.05) is 13.8 Å². The maximum Gasteiger partial charge on any atom is 0.225 e. The molecule has 1 amide bonds. The van der Waals surface area contributed by atoms with Gasteiger partial charge in [0.1, 0.15) is 0 Å². The number of hydrogen-bond donors (Lipinski definition) is 1. The normalized spacial score (nSPS) is 26.1. The average molecular weight is 261 g/mol. The molecule has 0 aromatic carbocycles. The van der Waals surface area contributed by atoms with Crippen LogP contribution < -0.4 is 5.32 Å². The van der Waals surface area contributed by atoms with Crippen LogP contribution in [0.1, 0.15) is 39.5 Å². The summed E-state index contributed by atoms with van der Waals surface area (Å²) in [4.78, 5) is 13.9. The number of carbonyl (C=O) groups excluding carboxylic acids is 1. The quantitative estimate of drug-likeness (QED) is 0.824. The van der Waals surface area contributed by atoms with E-state index < -0.39 is 0 Å². The van der Waals surface area contributed by atoms with Crippen molar-refractivity contribution >= 4 is 18.3 Å². The van der Waals surface area contributed by atoms with Gasteiger partial charge in [-0.1, -0.05) is 13.8 Å². The van der Waals surface area contributed by atoms with Crippen LogP contribution in [0, 0.1) is 11.8 Å². The van der Waals surface area contributed by atoms with Crippen LogP contribution in [-0.2, 0) is 4.79 Å². The van der Waals surface area contributed by atoms with E-state index in [1.165, 1.54) is 32.2 Å². The molecule has 0 aromatic rings. The molecular formula is C13H25ClN2O. The van der Waals surface area contributed by atoms with Crippen molar-refractivity contribution in [3.63, 3.8) is 0 Å². The summed E-state index contributed by atoms with van der Waals surface area (Å²) in [6.07, 6.45) is 5.05. The number of nitrogens with one attached hydrogen (secondary N) is 1. The minimum absolute atomic E-state index is 0. The van der Waals surface area contributed by atoms with Crippen LogP contribution in [-0.4, -0.2) is 36.5 Å². The predicted molar refractivity (Wildman–Crippen MR) is 72.4 cm³/mol. The first-order valence-corrected chi connectivity index (χ1v) is 6.70. The average Bonchev–Trinajstić information content (AvgIpc) is 2.81. The van der Waals surface area contributed by atoms with E-state index in [0.717, 1.165) is 25.0 Å². The summed E-state index contributed by atoms with van der Waals surface area (Å²) in [5, 5.41) is 3.59. The van der Waals surface area contributed by atoms with E-state index in [2.05, 4.69) is 10.2 Å². The van der Waals surface area contributed by atoms with E-state index in [4.69, 9.17) is 0 Å². The van der Waals surface area contributed by atoms with E-state index in [9.17, 15) is 4.79 Å². The highest BCUT2D eigenvalue weighted by Crippen LogP contribution is 2.26. The van der Waals surface area contributed by atoms with Crippen LogP contribution in [0.5, 0.6) is 0 Å². The number of piperidine rings is 1. The molecule has 1 N–H and O–H groups in total. The van der Waals surface area contributed by atoms with E-state index in [-0.39, 0.29) is 18.3 Å². The molecule has 2 heterocycles. The van der Waals surface area contributed by atoms with Gasteiger partial charge in [0, 0.05) is 25.0 Å². The lowest BCUT2D eigenvalue weighted by Gasteiger charge is -2.35. The molecule has 17 heavy (non-hydrogen) atoms. The van der Waals surface area contributed by atoms with Crippen molar-refractivity contribution in [3.8, 4) is 0 Å². The van der Waals surface area contributed by atoms with Gasteiger partial charge in [0.15, 0.2) is 0 Å². The Morgan fingerprint density at radius 3 is 2.35 bits per heavy atom. The Bertz CT molecular complexity index is 244. The number of halogens is 1. The van der Waals surface area contributed by atoms with Gasteiger partial charge in [-0.15, -0.1) is 12.4 Å². The Balaban J connectivity index is 0.00000144. The van der Waals surface area contributed by atoms with Crippen molar-refractivity contribution in [2.24, 2.45) is 11.8 Å². The van der Waals surface area contributed by atoms with Crippen molar-refractivity contribution < 1.29 is 4.79 Å². The molecule has 0 spiro atoms. The number of rotatable bonds is 2. The zero-order valence-electron chi connectivity index (χ0n) is 10.9. The summed E-state index contributed by atoms with van der Waals surface area (Å²) in [6, 6.07) is 0.733. The van der Waals surface area contributed by atoms with Crippen LogP contribution in [0.3, 0.4) is 0 Å². The summed E-state index contributed by atoms with van der Waals surface area (Å²) in [7, 11) is 0. The Morgan fingerprint density at radius 1 is 1.24 bits per heavy atom. The van der Waals surface area contributed by atoms with Gasteiger partial charge < -0.3 is 10.2 Å². The predicted octanol–water partition coefficient (Wildman–Crippen LogP) is 2.05. The lowest BCUT2D eigenvalue weighted by atomic mass is 9.88. The fourth-order valence-electron chi connectivity index (χ4n) is 3.00. The third-order valence-corrected chi connectivity index (χ3v) is 4.01. The van der Waals surface area contributed by atoms with Gasteiger partial charge in [0.05, 0.1) is 0 Å². The summed E-state index contributed by atoms with van der Waals surface area (Å²) in [6.45, 7) is 7.12. The molecule has 0 aliphatic carbocycles. The Labute approximate surface area is 111 Å². The first kappa shape index (κ1) is 14.8. The minimum atomic E-state index is 0. The minimum Gasteiger partial charge on any atom is -0.342 e. The van der Waals surface area contributed by atoms with Crippen molar-refractivity contribution in [2.75, 3.05) is 19.6 Å². The van der Waals surface area contributed by atoms with Crippen LogP contribution in [0.15, 0.2) is 0 Å². The van der Waals surface area contributed by atoms with E-state index in [1.54, 1.807) is 0 Å². The Morgan fingerprint density at radius 2 is 1.88 bits per heavy atom. The third kappa shape index (κ3) is 3.59. The fourth-order valence-corrected chi connectivity index (χ4v) is 3.00. The number of likely N-dealkylation sites (tertiary alicyclic amines) is 1. The molecule has 2 fully saturated rings. The maximum absolute atomic E-state index is 11.8. The number of amides is 1. The van der Waals surface area contributed by atoms with Crippen molar-refractivity contribution in [3.05, 3.63) is 0 Å². The highest BCUT2D eigenvalue weighted by atomic mass is 35.5. The molecule has 1 unspecified atom stereocenters. The van der Waals surface area contributed by atoms with Gasteiger partial charge in [-0.2, -0.15) is 0 Å². The van der Waals surface area contributed by atoms with E-state index in [0.29, 0.717) is 5.91 Å². The molecule has 0 radical (unpaired) electrons. The monoisotopic (exact) mass is 260 g/mol. The second-order valence-corrected chi connectivity index (χ2v) is 5.52. The highest BCUT2D eigenvalue weighted by Gasteiger charge is 2.30. The lowest BCUT2D eigenvalue weighted by Crippen LogP contribution is -2.44. The van der Waals surface area contributed by atoms with Gasteiger partial charge in [-0.25, -0.2) is 0 Å². The fraction of sp³-hybridized carbons (Fsp3) is 0.923. The standard InChI is InChI=1S/C13H24N2O.ClH/c1-10(2)13(16)15-8-5-11(6-9-15)12-4-3-7-14-12;/h10-12,14H,3-9H2,1-2H3;1H. The van der Waals surface area contributed by atoms with Crippen molar-refractivity contribution in [1.29, 1.82) is 0 Å². The number of nitrogens with zero attached hydrogens (tertiary/aromatic N) is 1. The maximum atomic E-state index is 11.8. The number of hydrogen-bond acceptors (Lipinski definition) is 2. The lowest BCUT2D eigenvalue weighted by molar-refractivity contribution is -0.136. The summed E-state index contributed by atoms with van der Waals surface area (Å²) in [5.41, 5.74) is 0. The van der Waals surface area contributed by atoms with Crippen molar-refractivity contribution in [1.82, 2.24) is 10.2 Å². The third-order valence-electron chi connectivity index (χ3n) is 4.01.